The van der Waals surface area contributed by atoms with Crippen LogP contribution in [0.2, 0.25) is 0 Å². The normalized spacial score (nSPS) is 17.6. The molecule has 346 valence electrons. The Kier molecular flexibility index (Phi) is 15.5. The standard InChI is InChI=1S/C23H29N5O5.C23H29N5O4/c1-33-20-7-4-15(14-25-20)18(13-21(30)31)28-12-11-27(23(28)32)10-2-3-16-5-6-17-19(29)8-9-24-22(17)26-16;1-32-20-9-7-17(15-25-20)19(14-21(29)30)28-13-12-27(23(28)31)11-3-5-18-8-6-16-4-2-10-24-22(16)26-18/h4-7,14,18-19,29H,2-3,8-13H2,1H3,(H,24,26)(H,30,31);6-9,15,19H,2-5,10-14H2,1H3,(H,24,26)(H,29,30)/t18-,19?;19-/m00/s1. The number of hydrogen-bond acceptors (Lipinski definition) is 13. The molecule has 0 radical (unpaired) electrons. The van der Waals surface area contributed by atoms with Crippen LogP contribution in [0.1, 0.15) is 90.4 Å². The Morgan fingerprint density at radius 3 is 1.74 bits per heavy atom. The van der Waals surface area contributed by atoms with E-state index in [9.17, 15) is 34.5 Å². The molecule has 5 N–H and O–H groups in total. The molecule has 65 heavy (non-hydrogen) atoms. The molecule has 2 saturated heterocycles. The number of rotatable bonds is 18. The number of ether oxygens (including phenoxy) is 2. The van der Waals surface area contributed by atoms with Crippen LogP contribution in [0.5, 0.6) is 11.8 Å². The van der Waals surface area contributed by atoms with E-state index >= 15 is 0 Å². The topological polar surface area (TPSA) is 236 Å². The monoisotopic (exact) mass is 894 g/mol. The molecule has 4 aliphatic heterocycles. The highest BCUT2D eigenvalue weighted by Gasteiger charge is 2.37. The quantitative estimate of drug-likeness (QED) is 0.0889. The van der Waals surface area contributed by atoms with Crippen LogP contribution in [0.4, 0.5) is 21.2 Å². The second-order valence-electron chi connectivity index (χ2n) is 16.4. The first kappa shape index (κ1) is 46.2. The van der Waals surface area contributed by atoms with Gasteiger partial charge in [-0.15, -0.1) is 0 Å². The maximum Gasteiger partial charge on any atom is 0.320 e. The van der Waals surface area contributed by atoms with Gasteiger partial charge in [0.15, 0.2) is 0 Å². The number of aromatic nitrogens is 4. The number of carboxylic acid groups (broad SMARTS) is 2. The average Bonchev–Trinajstić information content (AvgIpc) is 3.87. The first-order valence-corrected chi connectivity index (χ1v) is 22.2. The van der Waals surface area contributed by atoms with Crippen molar-refractivity contribution in [2.24, 2.45) is 0 Å². The van der Waals surface area contributed by atoms with Crippen molar-refractivity contribution in [3.63, 3.8) is 0 Å². The Morgan fingerprint density at radius 1 is 0.708 bits per heavy atom. The predicted octanol–water partition coefficient (Wildman–Crippen LogP) is 4.95. The van der Waals surface area contributed by atoms with E-state index in [1.54, 1.807) is 56.3 Å². The lowest BCUT2D eigenvalue weighted by Gasteiger charge is -2.27. The van der Waals surface area contributed by atoms with Crippen LogP contribution in [0.3, 0.4) is 0 Å². The number of aliphatic carboxylic acids is 2. The summed E-state index contributed by atoms with van der Waals surface area (Å²) in [5, 5.41) is 35.4. The summed E-state index contributed by atoms with van der Waals surface area (Å²) in [7, 11) is 3.03. The summed E-state index contributed by atoms with van der Waals surface area (Å²) in [5.41, 5.74) is 5.38. The molecule has 4 aromatic heterocycles. The number of pyridine rings is 4. The Hall–Kier alpha value is -6.76. The highest BCUT2D eigenvalue weighted by Crippen LogP contribution is 2.32. The molecule has 4 aliphatic rings. The van der Waals surface area contributed by atoms with Crippen molar-refractivity contribution < 1.29 is 44.0 Å². The Balaban J connectivity index is 0.000000194. The molecule has 0 aromatic carbocycles. The number of aliphatic hydroxyl groups excluding tert-OH is 1. The number of hydrogen-bond donors (Lipinski definition) is 5. The summed E-state index contributed by atoms with van der Waals surface area (Å²) in [6, 6.07) is 13.5. The first-order chi connectivity index (χ1) is 31.5. The van der Waals surface area contributed by atoms with E-state index in [2.05, 4.69) is 37.7 Å². The van der Waals surface area contributed by atoms with Crippen LogP contribution in [-0.2, 0) is 28.9 Å². The maximum absolute atomic E-state index is 13.1. The van der Waals surface area contributed by atoms with Gasteiger partial charge in [0.2, 0.25) is 11.8 Å². The molecule has 0 spiro atoms. The third-order valence-electron chi connectivity index (χ3n) is 12.2. The Labute approximate surface area is 377 Å². The van der Waals surface area contributed by atoms with Gasteiger partial charge in [-0.3, -0.25) is 9.59 Å². The van der Waals surface area contributed by atoms with Crippen LogP contribution in [0.25, 0.3) is 0 Å². The lowest BCUT2D eigenvalue weighted by molar-refractivity contribution is -0.139. The molecule has 8 heterocycles. The zero-order valence-corrected chi connectivity index (χ0v) is 36.9. The van der Waals surface area contributed by atoms with Crippen molar-refractivity contribution in [1.29, 1.82) is 0 Å². The fourth-order valence-corrected chi connectivity index (χ4v) is 8.71. The molecule has 19 heteroatoms. The summed E-state index contributed by atoms with van der Waals surface area (Å²) in [4.78, 5) is 73.5. The molecular weight excluding hydrogens is 837 g/mol. The number of aliphatic hydroxyl groups is 1. The van der Waals surface area contributed by atoms with E-state index in [-0.39, 0.29) is 24.9 Å². The molecule has 8 rings (SSSR count). The highest BCUT2D eigenvalue weighted by atomic mass is 16.5. The summed E-state index contributed by atoms with van der Waals surface area (Å²) in [6.07, 6.45) is 8.23. The van der Waals surface area contributed by atoms with E-state index in [0.717, 1.165) is 67.2 Å². The second-order valence-corrected chi connectivity index (χ2v) is 16.4. The molecule has 1 unspecified atom stereocenters. The number of aryl methyl sites for hydroxylation is 3. The van der Waals surface area contributed by atoms with Gasteiger partial charge >= 0.3 is 24.0 Å². The van der Waals surface area contributed by atoms with E-state index in [1.165, 1.54) is 19.8 Å². The summed E-state index contributed by atoms with van der Waals surface area (Å²) in [6.45, 7) is 4.91. The predicted molar refractivity (Wildman–Crippen MR) is 239 cm³/mol. The van der Waals surface area contributed by atoms with Gasteiger partial charge in [0.05, 0.1) is 45.2 Å². The third kappa shape index (κ3) is 11.7. The van der Waals surface area contributed by atoms with Crippen molar-refractivity contribution in [3.8, 4) is 11.8 Å². The molecular formula is C46H58N10O9. The average molecular weight is 895 g/mol. The summed E-state index contributed by atoms with van der Waals surface area (Å²) < 4.78 is 10.2. The fraction of sp³-hybridized carbons (Fsp3) is 0.478. The van der Waals surface area contributed by atoms with Crippen molar-refractivity contribution in [2.75, 3.05) is 77.2 Å². The zero-order chi connectivity index (χ0) is 45.9. The van der Waals surface area contributed by atoms with Crippen LogP contribution >= 0.6 is 0 Å². The second kappa shape index (κ2) is 21.7. The zero-order valence-electron chi connectivity index (χ0n) is 36.9. The van der Waals surface area contributed by atoms with Gasteiger partial charge < -0.3 is 55.0 Å². The van der Waals surface area contributed by atoms with E-state index in [0.29, 0.717) is 81.5 Å². The van der Waals surface area contributed by atoms with Crippen LogP contribution in [-0.4, -0.2) is 145 Å². The largest absolute Gasteiger partial charge is 0.481 e. The number of methoxy groups -OCH3 is 2. The lowest BCUT2D eigenvalue weighted by atomic mass is 10.0. The minimum absolute atomic E-state index is 0.132. The number of nitrogens with one attached hydrogen (secondary N) is 2. The highest BCUT2D eigenvalue weighted by molar-refractivity contribution is 5.79. The van der Waals surface area contributed by atoms with Gasteiger partial charge in [-0.1, -0.05) is 24.3 Å². The number of anilines is 2. The van der Waals surface area contributed by atoms with Gasteiger partial charge in [0.1, 0.15) is 11.6 Å². The molecule has 4 aromatic rings. The molecule has 19 nitrogen and oxygen atoms in total. The van der Waals surface area contributed by atoms with Crippen molar-refractivity contribution in [3.05, 3.63) is 94.6 Å². The smallest absolute Gasteiger partial charge is 0.320 e. The van der Waals surface area contributed by atoms with E-state index < -0.39 is 30.1 Å². The molecule has 3 atom stereocenters. The van der Waals surface area contributed by atoms with Gasteiger partial charge in [-0.05, 0) is 73.8 Å². The molecule has 0 bridgehead atoms. The Morgan fingerprint density at radius 2 is 1.23 bits per heavy atom. The van der Waals surface area contributed by atoms with Crippen molar-refractivity contribution in [1.82, 2.24) is 39.5 Å². The SMILES string of the molecule is COc1ccc([C@H](CC(=O)O)N2CCN(CCCc3ccc4c(n3)NCCC4)C2=O)cn1.COc1ccc([C@H](CC(=O)O)N2CCN(CCCc3ccc4c(n3)NCCC4O)C2=O)cn1. The minimum atomic E-state index is -0.973. The molecule has 2 fully saturated rings. The van der Waals surface area contributed by atoms with Crippen LogP contribution < -0.4 is 20.1 Å². The number of carbonyl (C=O) groups is 4. The van der Waals surface area contributed by atoms with Crippen LogP contribution in [0, 0.1) is 0 Å². The maximum atomic E-state index is 13.1. The summed E-state index contributed by atoms with van der Waals surface area (Å²) >= 11 is 0. The van der Waals surface area contributed by atoms with Crippen molar-refractivity contribution in [2.45, 2.75) is 76.0 Å². The minimum Gasteiger partial charge on any atom is -0.481 e. The van der Waals surface area contributed by atoms with Gasteiger partial charge in [0.25, 0.3) is 0 Å². The first-order valence-electron chi connectivity index (χ1n) is 22.2. The van der Waals surface area contributed by atoms with E-state index in [4.69, 9.17) is 14.5 Å². The third-order valence-corrected chi connectivity index (χ3v) is 12.2. The lowest BCUT2D eigenvalue weighted by Crippen LogP contribution is -2.36. The summed E-state index contributed by atoms with van der Waals surface area (Å²) in [5.74, 6) is 0.676. The molecule has 0 saturated carbocycles. The molecule has 0 aliphatic carbocycles. The number of urea groups is 2. The van der Waals surface area contributed by atoms with Gasteiger partial charge in [-0.25, -0.2) is 29.5 Å². The van der Waals surface area contributed by atoms with Gasteiger partial charge in [-0.2, -0.15) is 0 Å². The number of carbonyl (C=O) groups excluding carboxylic acids is 2. The number of amides is 4. The Bertz CT molecular complexity index is 2280. The fourth-order valence-electron chi connectivity index (χ4n) is 8.71. The van der Waals surface area contributed by atoms with E-state index in [1.807, 2.05) is 12.1 Å². The number of fused-ring (bicyclic) bond motifs is 2. The number of nitrogens with zero attached hydrogens (tertiary/aromatic N) is 8. The number of carboxylic acids is 2. The molecule has 4 amide bonds. The van der Waals surface area contributed by atoms with Gasteiger partial charge in [0, 0.05) is 93.8 Å². The van der Waals surface area contributed by atoms with Crippen LogP contribution in [0.15, 0.2) is 60.9 Å². The van der Waals surface area contributed by atoms with Crippen molar-refractivity contribution >= 4 is 35.6 Å².